The van der Waals surface area contributed by atoms with E-state index in [0.717, 1.165) is 33.0 Å². The van der Waals surface area contributed by atoms with Crippen LogP contribution in [0.1, 0.15) is 55.5 Å². The van der Waals surface area contributed by atoms with Crippen molar-refractivity contribution < 1.29 is 9.53 Å². The van der Waals surface area contributed by atoms with Crippen molar-refractivity contribution in [3.63, 3.8) is 0 Å². The lowest BCUT2D eigenvalue weighted by molar-refractivity contribution is -0.0763. The molecule has 2 unspecified atom stereocenters. The number of amides is 1. The first kappa shape index (κ1) is 26.9. The standard InChI is InChI=1S/C35H30ClN3O2S/c1-34(2,3)25-16-14-23(15-17-25)20-32-35(38(33(40)42-32)27-12-8-5-9-13-27)39-30(28-21-26(36)18-19-31(28)41-35)22-29(37-39)24-10-6-4-7-11-24/h4-21,30H,22H2,1-3H3/b32-20-. The molecule has 0 aliphatic carbocycles. The normalized spacial score (nSPS) is 22.3. The van der Waals surface area contributed by atoms with Crippen molar-refractivity contribution >= 4 is 46.1 Å². The summed E-state index contributed by atoms with van der Waals surface area (Å²) < 4.78 is 7.01. The number of hydrogen-bond donors (Lipinski definition) is 0. The van der Waals surface area contributed by atoms with Crippen molar-refractivity contribution in [1.82, 2.24) is 5.01 Å². The molecule has 0 saturated carbocycles. The van der Waals surface area contributed by atoms with Gasteiger partial charge in [0, 0.05) is 17.0 Å². The van der Waals surface area contributed by atoms with Crippen LogP contribution in [0.3, 0.4) is 0 Å². The first-order chi connectivity index (χ1) is 20.2. The number of para-hydroxylation sites is 1. The Morgan fingerprint density at radius 3 is 2.33 bits per heavy atom. The maximum Gasteiger partial charge on any atom is 0.321 e. The third kappa shape index (κ3) is 4.41. The minimum absolute atomic E-state index is 0.0396. The van der Waals surface area contributed by atoms with Gasteiger partial charge in [0.1, 0.15) is 5.75 Å². The molecule has 0 N–H and O–H groups in total. The van der Waals surface area contributed by atoms with Crippen molar-refractivity contribution in [3.8, 4) is 5.75 Å². The van der Waals surface area contributed by atoms with Crippen molar-refractivity contribution in [2.45, 2.75) is 44.5 Å². The molecule has 7 heteroatoms. The maximum atomic E-state index is 14.0. The molecule has 3 heterocycles. The Kier molecular flexibility index (Phi) is 6.44. The number of ether oxygens (including phenoxy) is 1. The Morgan fingerprint density at radius 1 is 0.952 bits per heavy atom. The van der Waals surface area contributed by atoms with Crippen molar-refractivity contribution in [3.05, 3.63) is 135 Å². The summed E-state index contributed by atoms with van der Waals surface area (Å²) in [7, 11) is 0. The Balaban J connectivity index is 1.45. The summed E-state index contributed by atoms with van der Waals surface area (Å²) in [6.45, 7) is 6.61. The van der Waals surface area contributed by atoms with E-state index in [0.29, 0.717) is 17.2 Å². The Bertz CT molecular complexity index is 1730. The van der Waals surface area contributed by atoms with Gasteiger partial charge in [-0.25, -0.2) is 9.91 Å². The van der Waals surface area contributed by atoms with Crippen molar-refractivity contribution in [2.24, 2.45) is 5.10 Å². The van der Waals surface area contributed by atoms with Gasteiger partial charge in [0.05, 0.1) is 22.3 Å². The monoisotopic (exact) mass is 591 g/mol. The van der Waals surface area contributed by atoms with E-state index < -0.39 is 5.85 Å². The summed E-state index contributed by atoms with van der Waals surface area (Å²) in [6.07, 6.45) is 2.71. The average Bonchev–Trinajstić information content (AvgIpc) is 3.55. The maximum absolute atomic E-state index is 14.0. The van der Waals surface area contributed by atoms with Crippen LogP contribution in [0.5, 0.6) is 5.75 Å². The highest BCUT2D eigenvalue weighted by Crippen LogP contribution is 2.57. The highest BCUT2D eigenvalue weighted by atomic mass is 35.5. The number of halogens is 1. The largest absolute Gasteiger partial charge is 0.443 e. The molecule has 0 bridgehead atoms. The lowest BCUT2D eigenvalue weighted by Crippen LogP contribution is -2.63. The van der Waals surface area contributed by atoms with E-state index >= 15 is 0 Å². The lowest BCUT2D eigenvalue weighted by Gasteiger charge is -2.49. The zero-order valence-corrected chi connectivity index (χ0v) is 25.2. The van der Waals surface area contributed by atoms with Crippen LogP contribution in [0.2, 0.25) is 5.02 Å². The van der Waals surface area contributed by atoms with Gasteiger partial charge in [-0.3, -0.25) is 4.79 Å². The van der Waals surface area contributed by atoms with Gasteiger partial charge >= 0.3 is 5.85 Å². The Labute approximate surface area is 255 Å². The number of carbonyl (C=O) groups excluding carboxylic acids is 1. The quantitative estimate of drug-likeness (QED) is 0.238. The number of hydrogen-bond acceptors (Lipinski definition) is 5. The lowest BCUT2D eigenvalue weighted by atomic mass is 9.86. The minimum Gasteiger partial charge on any atom is -0.443 e. The summed E-state index contributed by atoms with van der Waals surface area (Å²) in [6, 6.07) is 33.9. The van der Waals surface area contributed by atoms with Crippen molar-refractivity contribution in [2.75, 3.05) is 4.90 Å². The molecule has 210 valence electrons. The summed E-state index contributed by atoms with van der Waals surface area (Å²) in [5, 5.41) is 7.71. The van der Waals surface area contributed by atoms with Gasteiger partial charge in [-0.1, -0.05) is 105 Å². The van der Waals surface area contributed by atoms with Gasteiger partial charge in [0.15, 0.2) is 0 Å². The van der Waals surface area contributed by atoms with E-state index in [1.807, 2.05) is 71.7 Å². The van der Waals surface area contributed by atoms with Crippen LogP contribution < -0.4 is 9.64 Å². The van der Waals surface area contributed by atoms with Gasteiger partial charge in [0.2, 0.25) is 0 Å². The highest BCUT2D eigenvalue weighted by Gasteiger charge is 2.63. The fraction of sp³-hybridized carbons (Fsp3) is 0.200. The van der Waals surface area contributed by atoms with Gasteiger partial charge in [-0.15, -0.1) is 0 Å². The third-order valence-electron chi connectivity index (χ3n) is 8.00. The number of rotatable bonds is 3. The van der Waals surface area contributed by atoms with Crippen LogP contribution in [-0.4, -0.2) is 21.8 Å². The summed E-state index contributed by atoms with van der Waals surface area (Å²) in [5.41, 5.74) is 5.94. The molecule has 4 aromatic carbocycles. The van der Waals surface area contributed by atoms with E-state index in [4.69, 9.17) is 21.4 Å². The molecule has 3 aliphatic heterocycles. The molecule has 0 aromatic heterocycles. The van der Waals surface area contributed by atoms with Crippen LogP contribution in [0.15, 0.2) is 113 Å². The van der Waals surface area contributed by atoms with E-state index in [-0.39, 0.29) is 16.7 Å². The van der Waals surface area contributed by atoms with Crippen LogP contribution in [0.25, 0.3) is 6.08 Å². The molecular formula is C35H30ClN3O2S. The summed E-state index contributed by atoms with van der Waals surface area (Å²) >= 11 is 7.70. The molecule has 1 saturated heterocycles. The van der Waals surface area contributed by atoms with Crippen molar-refractivity contribution in [1.29, 1.82) is 0 Å². The van der Waals surface area contributed by atoms with Crippen LogP contribution >= 0.6 is 23.4 Å². The molecule has 3 aliphatic rings. The first-order valence-corrected chi connectivity index (χ1v) is 15.2. The molecule has 42 heavy (non-hydrogen) atoms. The number of benzene rings is 4. The van der Waals surface area contributed by atoms with Crippen LogP contribution in [0, 0.1) is 0 Å². The van der Waals surface area contributed by atoms with Crippen LogP contribution in [-0.2, 0) is 5.41 Å². The van der Waals surface area contributed by atoms with E-state index in [1.165, 1.54) is 17.3 Å². The average molecular weight is 592 g/mol. The third-order valence-corrected chi connectivity index (χ3v) is 9.20. The number of hydrazone groups is 1. The number of anilines is 1. The smallest absolute Gasteiger partial charge is 0.321 e. The first-order valence-electron chi connectivity index (χ1n) is 14.0. The Morgan fingerprint density at radius 2 is 1.64 bits per heavy atom. The zero-order chi connectivity index (χ0) is 29.1. The summed E-state index contributed by atoms with van der Waals surface area (Å²) in [5.74, 6) is -0.635. The molecular weight excluding hydrogens is 562 g/mol. The Hall–Kier alpha value is -4.00. The van der Waals surface area contributed by atoms with Gasteiger partial charge < -0.3 is 4.74 Å². The molecule has 1 fully saturated rings. The van der Waals surface area contributed by atoms with E-state index in [9.17, 15) is 4.79 Å². The minimum atomic E-state index is -1.33. The van der Waals surface area contributed by atoms with E-state index in [1.54, 1.807) is 4.90 Å². The molecule has 4 aromatic rings. The molecule has 1 amide bonds. The topological polar surface area (TPSA) is 45.1 Å². The SMILES string of the molecule is CC(C)(C)c1ccc(/C=C2\SC(=O)N(c3ccccc3)C23Oc2ccc(Cl)cc2C2CC(c4ccccc4)=NN23)cc1. The molecule has 5 nitrogen and oxygen atoms in total. The van der Waals surface area contributed by atoms with E-state index in [2.05, 4.69) is 63.2 Å². The fourth-order valence-electron chi connectivity index (χ4n) is 5.87. The number of carbonyl (C=O) groups is 1. The van der Waals surface area contributed by atoms with Gasteiger partial charge in [-0.05, 0) is 70.3 Å². The van der Waals surface area contributed by atoms with Gasteiger partial charge in [0.25, 0.3) is 5.24 Å². The number of thioether (sulfide) groups is 1. The highest BCUT2D eigenvalue weighted by molar-refractivity contribution is 8.17. The number of fused-ring (bicyclic) bond motifs is 4. The molecule has 1 spiro atoms. The second-order valence-corrected chi connectivity index (χ2v) is 13.2. The molecule has 2 atom stereocenters. The predicted molar refractivity (Wildman–Crippen MR) is 172 cm³/mol. The second kappa shape index (κ2) is 10.1. The second-order valence-electron chi connectivity index (χ2n) is 11.8. The summed E-state index contributed by atoms with van der Waals surface area (Å²) in [4.78, 5) is 16.5. The fourth-order valence-corrected chi connectivity index (χ4v) is 7.12. The zero-order valence-electron chi connectivity index (χ0n) is 23.6. The van der Waals surface area contributed by atoms with Crippen LogP contribution in [0.4, 0.5) is 10.5 Å². The predicted octanol–water partition coefficient (Wildman–Crippen LogP) is 9.25. The van der Waals surface area contributed by atoms with Gasteiger partial charge in [-0.2, -0.15) is 5.10 Å². The molecule has 0 radical (unpaired) electrons. The number of nitrogens with zero attached hydrogens (tertiary/aromatic N) is 3. The molecule has 7 rings (SSSR count).